The average molecular weight is 507 g/mol. The summed E-state index contributed by atoms with van der Waals surface area (Å²) in [6.07, 6.45) is 3.71. The van der Waals surface area contributed by atoms with Crippen molar-refractivity contribution in [3.63, 3.8) is 0 Å². The highest BCUT2D eigenvalue weighted by atomic mass is 127. The molecule has 0 spiro atoms. The predicted octanol–water partition coefficient (Wildman–Crippen LogP) is 4.09. The van der Waals surface area contributed by atoms with Gasteiger partial charge in [0.2, 0.25) is 0 Å². The third-order valence-electron chi connectivity index (χ3n) is 4.18. The van der Waals surface area contributed by atoms with E-state index >= 15 is 0 Å². The van der Waals surface area contributed by atoms with Crippen LogP contribution in [0.25, 0.3) is 0 Å². The summed E-state index contributed by atoms with van der Waals surface area (Å²) in [4.78, 5) is 2.25. The van der Waals surface area contributed by atoms with E-state index < -0.39 is 0 Å². The molecule has 1 aliphatic rings. The molecule has 0 saturated carbocycles. The molecule has 1 aromatic heterocycles. The molecular formula is C15H14BrClIN5. The van der Waals surface area contributed by atoms with E-state index in [4.69, 9.17) is 11.6 Å². The van der Waals surface area contributed by atoms with E-state index in [0.29, 0.717) is 16.5 Å². The Morgan fingerprint density at radius 3 is 2.70 bits per heavy atom. The number of piperidine rings is 1. The minimum Gasteiger partial charge on any atom is -0.369 e. The van der Waals surface area contributed by atoms with Gasteiger partial charge in [0.05, 0.1) is 19.8 Å². The number of rotatable bonds is 2. The Kier molecular flexibility index (Phi) is 5.13. The van der Waals surface area contributed by atoms with Crippen molar-refractivity contribution >= 4 is 55.8 Å². The molecule has 2 heterocycles. The van der Waals surface area contributed by atoms with Gasteiger partial charge in [-0.15, -0.1) is 10.2 Å². The van der Waals surface area contributed by atoms with Crippen molar-refractivity contribution in [3.05, 3.63) is 36.8 Å². The fourth-order valence-electron chi connectivity index (χ4n) is 3.01. The van der Waals surface area contributed by atoms with Gasteiger partial charge in [-0.3, -0.25) is 0 Å². The number of nitrogens with zero attached hydrogens (tertiary/aromatic N) is 5. The lowest BCUT2D eigenvalue weighted by molar-refractivity contribution is 0.473. The number of hydrogen-bond donors (Lipinski definition) is 0. The number of aromatic nitrogens is 3. The minimum atomic E-state index is 0.407. The van der Waals surface area contributed by atoms with Gasteiger partial charge in [0.25, 0.3) is 0 Å². The third-order valence-corrected chi connectivity index (χ3v) is 6.52. The van der Waals surface area contributed by atoms with Crippen LogP contribution in [0.3, 0.4) is 0 Å². The highest BCUT2D eigenvalue weighted by Crippen LogP contribution is 2.39. The second-order valence-corrected chi connectivity index (χ2v) is 7.89. The van der Waals surface area contributed by atoms with Crippen molar-refractivity contribution in [2.75, 3.05) is 18.0 Å². The lowest BCUT2D eigenvalue weighted by atomic mass is 9.95. The zero-order valence-corrected chi connectivity index (χ0v) is 16.9. The topological polar surface area (TPSA) is 57.7 Å². The molecule has 0 atom stereocenters. The second kappa shape index (κ2) is 6.95. The van der Waals surface area contributed by atoms with E-state index in [-0.39, 0.29) is 0 Å². The number of anilines is 1. The van der Waals surface area contributed by atoms with Crippen LogP contribution in [0.1, 0.15) is 30.1 Å². The fourth-order valence-corrected chi connectivity index (χ4v) is 4.61. The van der Waals surface area contributed by atoms with Crippen LogP contribution in [-0.4, -0.2) is 27.9 Å². The molecule has 3 rings (SSSR count). The summed E-state index contributed by atoms with van der Waals surface area (Å²) in [5, 5.41) is 18.4. The van der Waals surface area contributed by atoms with E-state index in [0.717, 1.165) is 45.5 Å². The summed E-state index contributed by atoms with van der Waals surface area (Å²) in [5.74, 6) is 1.44. The molecule has 1 aliphatic heterocycles. The largest absolute Gasteiger partial charge is 0.369 e. The van der Waals surface area contributed by atoms with Crippen molar-refractivity contribution < 1.29 is 0 Å². The Balaban J connectivity index is 1.86. The molecule has 0 amide bonds. The average Bonchev–Trinajstić information content (AvgIpc) is 2.97. The maximum Gasteiger partial charge on any atom is 0.135 e. The zero-order valence-electron chi connectivity index (χ0n) is 12.4. The van der Waals surface area contributed by atoms with Gasteiger partial charge in [0.15, 0.2) is 0 Å². The maximum absolute atomic E-state index is 9.51. The lowest BCUT2D eigenvalue weighted by Crippen LogP contribution is -2.34. The highest BCUT2D eigenvalue weighted by molar-refractivity contribution is 14.1. The number of benzene rings is 1. The smallest absolute Gasteiger partial charge is 0.135 e. The number of hydrogen-bond acceptors (Lipinski definition) is 4. The van der Waals surface area contributed by atoms with Gasteiger partial charge in [-0.05, 0) is 57.4 Å². The Hall–Kier alpha value is -0.850. The summed E-state index contributed by atoms with van der Waals surface area (Å²) in [6.45, 7) is 1.74. The van der Waals surface area contributed by atoms with Crippen LogP contribution in [0.4, 0.5) is 5.69 Å². The van der Waals surface area contributed by atoms with Crippen molar-refractivity contribution in [1.82, 2.24) is 14.8 Å². The molecule has 0 unspecified atom stereocenters. The molecular weight excluding hydrogens is 492 g/mol. The predicted molar refractivity (Wildman–Crippen MR) is 102 cm³/mol. The first-order valence-corrected chi connectivity index (χ1v) is 9.44. The van der Waals surface area contributed by atoms with Crippen LogP contribution >= 0.6 is 50.1 Å². The molecule has 0 radical (unpaired) electrons. The Bertz CT molecular complexity index is 777. The van der Waals surface area contributed by atoms with Gasteiger partial charge in [-0.2, -0.15) is 5.26 Å². The van der Waals surface area contributed by atoms with Crippen molar-refractivity contribution in [2.45, 2.75) is 18.8 Å². The van der Waals surface area contributed by atoms with E-state index in [1.165, 1.54) is 0 Å². The minimum absolute atomic E-state index is 0.407. The van der Waals surface area contributed by atoms with Crippen molar-refractivity contribution in [1.29, 1.82) is 5.26 Å². The van der Waals surface area contributed by atoms with Crippen molar-refractivity contribution in [2.24, 2.45) is 7.05 Å². The molecule has 0 aliphatic carbocycles. The molecule has 0 bridgehead atoms. The van der Waals surface area contributed by atoms with Crippen LogP contribution in [-0.2, 0) is 7.05 Å². The van der Waals surface area contributed by atoms with E-state index in [2.05, 4.69) is 59.7 Å². The van der Waals surface area contributed by atoms with E-state index in [1.807, 2.05) is 11.6 Å². The van der Waals surface area contributed by atoms with Crippen LogP contribution in [0.5, 0.6) is 0 Å². The number of nitriles is 1. The molecule has 1 fully saturated rings. The molecule has 8 heteroatoms. The summed E-state index contributed by atoms with van der Waals surface area (Å²) < 4.78 is 3.66. The Morgan fingerprint density at radius 2 is 2.13 bits per heavy atom. The van der Waals surface area contributed by atoms with E-state index in [1.54, 1.807) is 12.4 Å². The highest BCUT2D eigenvalue weighted by Gasteiger charge is 2.27. The first-order valence-electron chi connectivity index (χ1n) is 7.19. The first kappa shape index (κ1) is 17.0. The van der Waals surface area contributed by atoms with E-state index in [9.17, 15) is 5.26 Å². The standard InChI is InChI=1S/C15H14BrClIN5/c1-22-8-20-21-15(22)9-2-4-23(5-3-9)14-10(7-19)11(16)6-12(17)13(14)18/h6,8-9H,2-5H2,1H3. The number of halogens is 3. The Labute approximate surface area is 161 Å². The van der Waals surface area contributed by atoms with Gasteiger partial charge in [-0.1, -0.05) is 11.6 Å². The quantitative estimate of drug-likeness (QED) is 0.455. The molecule has 23 heavy (non-hydrogen) atoms. The SMILES string of the molecule is Cn1cnnc1C1CCN(c2c(I)c(Cl)cc(Br)c2C#N)CC1. The monoisotopic (exact) mass is 505 g/mol. The summed E-state index contributed by atoms with van der Waals surface area (Å²) in [5.41, 5.74) is 1.58. The summed E-state index contributed by atoms with van der Waals surface area (Å²) >= 11 is 12.0. The molecule has 1 aromatic carbocycles. The summed E-state index contributed by atoms with van der Waals surface area (Å²) in [6, 6.07) is 4.09. The third kappa shape index (κ3) is 3.21. The molecule has 1 saturated heterocycles. The van der Waals surface area contributed by atoms with Crippen LogP contribution in [0.2, 0.25) is 5.02 Å². The zero-order chi connectivity index (χ0) is 16.6. The van der Waals surface area contributed by atoms with Gasteiger partial charge in [-0.25, -0.2) is 0 Å². The van der Waals surface area contributed by atoms with Gasteiger partial charge in [0, 0.05) is 30.5 Å². The molecule has 120 valence electrons. The fraction of sp³-hybridized carbons (Fsp3) is 0.400. The van der Waals surface area contributed by atoms with Crippen molar-refractivity contribution in [3.8, 4) is 6.07 Å². The van der Waals surface area contributed by atoms with Crippen LogP contribution in [0, 0.1) is 14.9 Å². The normalized spacial score (nSPS) is 15.7. The molecule has 0 N–H and O–H groups in total. The van der Waals surface area contributed by atoms with Crippen LogP contribution in [0.15, 0.2) is 16.9 Å². The van der Waals surface area contributed by atoms with Gasteiger partial charge >= 0.3 is 0 Å². The van der Waals surface area contributed by atoms with Gasteiger partial charge in [0.1, 0.15) is 18.2 Å². The Morgan fingerprint density at radius 1 is 1.43 bits per heavy atom. The lowest BCUT2D eigenvalue weighted by Gasteiger charge is -2.34. The second-order valence-electron chi connectivity index (χ2n) is 5.55. The maximum atomic E-state index is 9.51. The summed E-state index contributed by atoms with van der Waals surface area (Å²) in [7, 11) is 1.98. The van der Waals surface area contributed by atoms with Crippen LogP contribution < -0.4 is 4.90 Å². The molecule has 2 aromatic rings. The molecule has 5 nitrogen and oxygen atoms in total. The van der Waals surface area contributed by atoms with Gasteiger partial charge < -0.3 is 9.47 Å². The first-order chi connectivity index (χ1) is 11.0. The number of aryl methyl sites for hydroxylation is 1.